The molecule has 0 unspecified atom stereocenters. The molecule has 0 bridgehead atoms. The summed E-state index contributed by atoms with van der Waals surface area (Å²) < 4.78 is 8.99. The van der Waals surface area contributed by atoms with E-state index in [0.717, 1.165) is 11.2 Å². The molecular weight excluding hydrogens is 442 g/mol. The van der Waals surface area contributed by atoms with Gasteiger partial charge in [-0.2, -0.15) is 0 Å². The molecule has 3 heteroatoms. The molecule has 0 radical (unpaired) electrons. The summed E-state index contributed by atoms with van der Waals surface area (Å²) in [4.78, 5) is 0. The Bertz CT molecular complexity index is 1820. The zero-order chi connectivity index (χ0) is 23.6. The lowest BCUT2D eigenvalue weighted by Gasteiger charge is -2.25. The predicted molar refractivity (Wildman–Crippen MR) is 151 cm³/mol. The van der Waals surface area contributed by atoms with E-state index in [1.807, 2.05) is 0 Å². The van der Waals surface area contributed by atoms with E-state index in [1.165, 1.54) is 48.6 Å². The quantitative estimate of drug-likeness (QED) is 0.246. The molecule has 7 rings (SSSR count). The van der Waals surface area contributed by atoms with Crippen molar-refractivity contribution in [3.8, 4) is 5.69 Å². The summed E-state index contributed by atoms with van der Waals surface area (Å²) in [6, 6.07) is 41.5. The van der Waals surface area contributed by atoms with Crippen molar-refractivity contribution in [1.82, 2.24) is 4.57 Å². The van der Waals surface area contributed by atoms with Crippen LogP contribution in [0.15, 0.2) is 120 Å². The second-order valence-electron chi connectivity index (χ2n) is 9.83. The highest BCUT2D eigenvalue weighted by molar-refractivity contribution is 7.01. The van der Waals surface area contributed by atoms with Crippen LogP contribution in [0.5, 0.6) is 0 Å². The topological polar surface area (TPSA) is 18.1 Å². The Labute approximate surface area is 205 Å². The zero-order valence-electron chi connectivity index (χ0n) is 19.8. The molecule has 7 aromatic rings. The van der Waals surface area contributed by atoms with Crippen molar-refractivity contribution in [3.63, 3.8) is 0 Å². The first kappa shape index (κ1) is 20.3. The Morgan fingerprint density at radius 2 is 1.14 bits per heavy atom. The van der Waals surface area contributed by atoms with E-state index >= 15 is 0 Å². The fraction of sp³-hybridized carbons (Fsp3) is 0.0625. The highest BCUT2D eigenvalue weighted by atomic mass is 28.3. The van der Waals surface area contributed by atoms with Crippen LogP contribution >= 0.6 is 0 Å². The van der Waals surface area contributed by atoms with Crippen LogP contribution in [-0.2, 0) is 0 Å². The van der Waals surface area contributed by atoms with Crippen LogP contribution in [0.1, 0.15) is 0 Å². The van der Waals surface area contributed by atoms with Gasteiger partial charge in [-0.1, -0.05) is 103 Å². The summed E-state index contributed by atoms with van der Waals surface area (Å²) >= 11 is 0. The molecular formula is C32H25NOSi. The van der Waals surface area contributed by atoms with Crippen LogP contribution in [0, 0.1) is 0 Å². The van der Waals surface area contributed by atoms with E-state index in [1.54, 1.807) is 0 Å². The van der Waals surface area contributed by atoms with Crippen LogP contribution in [0.4, 0.5) is 0 Å². The van der Waals surface area contributed by atoms with Gasteiger partial charge in [0.15, 0.2) is 0 Å². The normalized spacial score (nSPS) is 12.3. The fourth-order valence-electron chi connectivity index (χ4n) is 5.62. The molecule has 2 aromatic heterocycles. The minimum atomic E-state index is -2.07. The third-order valence-corrected chi connectivity index (χ3v) is 11.0. The van der Waals surface area contributed by atoms with E-state index in [0.29, 0.717) is 0 Å². The summed E-state index contributed by atoms with van der Waals surface area (Å²) in [5.74, 6) is 0. The first-order valence-electron chi connectivity index (χ1n) is 12.1. The fourth-order valence-corrected chi connectivity index (χ4v) is 8.21. The number of aromatic nitrogens is 1. The van der Waals surface area contributed by atoms with E-state index in [4.69, 9.17) is 4.42 Å². The van der Waals surface area contributed by atoms with Gasteiger partial charge in [-0.05, 0) is 35.5 Å². The van der Waals surface area contributed by atoms with Crippen LogP contribution < -0.4 is 10.4 Å². The molecule has 0 N–H and O–H groups in total. The standard InChI is InChI=1S/C32H25NOSi/c1-35(2,23-12-4-3-5-13-23)31-21-22(20-27-26-16-8-11-19-30(26)34-32(27)31)33-28-17-9-6-14-24(28)25-15-7-10-18-29(25)33/h3-21H,1-2H3. The highest BCUT2D eigenvalue weighted by Crippen LogP contribution is 2.35. The Balaban J connectivity index is 1.63. The smallest absolute Gasteiger partial charge is 0.135 e. The van der Waals surface area contributed by atoms with Crippen molar-refractivity contribution < 1.29 is 4.42 Å². The van der Waals surface area contributed by atoms with Gasteiger partial charge >= 0.3 is 0 Å². The minimum absolute atomic E-state index is 0.945. The van der Waals surface area contributed by atoms with Crippen molar-refractivity contribution in [2.24, 2.45) is 0 Å². The van der Waals surface area contributed by atoms with Crippen LogP contribution in [-0.4, -0.2) is 12.6 Å². The van der Waals surface area contributed by atoms with Crippen LogP contribution in [0.3, 0.4) is 0 Å². The number of fused-ring (bicyclic) bond motifs is 6. The van der Waals surface area contributed by atoms with E-state index in [9.17, 15) is 0 Å². The first-order chi connectivity index (χ1) is 17.1. The maximum atomic E-state index is 6.56. The molecule has 2 heterocycles. The molecule has 35 heavy (non-hydrogen) atoms. The highest BCUT2D eigenvalue weighted by Gasteiger charge is 2.31. The Morgan fingerprint density at radius 3 is 1.83 bits per heavy atom. The summed E-state index contributed by atoms with van der Waals surface area (Å²) in [6.45, 7) is 4.86. The average molecular weight is 468 g/mol. The molecule has 0 aliphatic carbocycles. The molecule has 0 saturated heterocycles. The van der Waals surface area contributed by atoms with Crippen LogP contribution in [0.25, 0.3) is 49.4 Å². The van der Waals surface area contributed by atoms with E-state index in [2.05, 4.69) is 133 Å². The third kappa shape index (κ3) is 2.95. The molecule has 0 saturated carbocycles. The third-order valence-electron chi connectivity index (χ3n) is 7.47. The van der Waals surface area contributed by atoms with Crippen molar-refractivity contribution >= 4 is 62.2 Å². The van der Waals surface area contributed by atoms with Crippen LogP contribution in [0.2, 0.25) is 13.1 Å². The van der Waals surface area contributed by atoms with Gasteiger partial charge in [0.1, 0.15) is 19.2 Å². The monoisotopic (exact) mass is 467 g/mol. The van der Waals surface area contributed by atoms with Gasteiger partial charge in [0, 0.05) is 27.2 Å². The van der Waals surface area contributed by atoms with Crippen molar-refractivity contribution in [2.45, 2.75) is 13.1 Å². The largest absolute Gasteiger partial charge is 0.456 e. The molecule has 168 valence electrons. The molecule has 0 aliphatic rings. The second-order valence-corrected chi connectivity index (χ2v) is 14.2. The average Bonchev–Trinajstić information content (AvgIpc) is 3.44. The van der Waals surface area contributed by atoms with Gasteiger partial charge in [-0.15, -0.1) is 0 Å². The van der Waals surface area contributed by atoms with Crippen molar-refractivity contribution in [3.05, 3.63) is 115 Å². The molecule has 2 nitrogen and oxygen atoms in total. The lowest BCUT2D eigenvalue weighted by molar-refractivity contribution is 0.671. The number of hydrogen-bond acceptors (Lipinski definition) is 1. The predicted octanol–water partition coefficient (Wildman–Crippen LogP) is 7.51. The number of furan rings is 1. The Kier molecular flexibility index (Phi) is 4.33. The summed E-state index contributed by atoms with van der Waals surface area (Å²) in [7, 11) is -2.07. The van der Waals surface area contributed by atoms with Crippen molar-refractivity contribution in [2.75, 3.05) is 0 Å². The first-order valence-corrected chi connectivity index (χ1v) is 15.1. The van der Waals surface area contributed by atoms with Gasteiger partial charge in [-0.3, -0.25) is 0 Å². The zero-order valence-corrected chi connectivity index (χ0v) is 20.8. The summed E-state index contributed by atoms with van der Waals surface area (Å²) in [5.41, 5.74) is 5.61. The summed E-state index contributed by atoms with van der Waals surface area (Å²) in [5, 5.41) is 7.65. The van der Waals surface area contributed by atoms with Gasteiger partial charge in [0.25, 0.3) is 0 Å². The summed E-state index contributed by atoms with van der Waals surface area (Å²) in [6.07, 6.45) is 0. The molecule has 0 spiro atoms. The number of para-hydroxylation sites is 3. The van der Waals surface area contributed by atoms with Gasteiger partial charge < -0.3 is 8.98 Å². The number of benzene rings is 5. The van der Waals surface area contributed by atoms with Gasteiger partial charge in [0.2, 0.25) is 0 Å². The minimum Gasteiger partial charge on any atom is -0.456 e. The maximum absolute atomic E-state index is 6.56. The molecule has 0 aliphatic heterocycles. The van der Waals surface area contributed by atoms with Crippen molar-refractivity contribution in [1.29, 1.82) is 0 Å². The molecule has 0 fully saturated rings. The molecule has 0 atom stereocenters. The van der Waals surface area contributed by atoms with Gasteiger partial charge in [-0.25, -0.2) is 0 Å². The number of rotatable bonds is 3. The molecule has 5 aromatic carbocycles. The Morgan fingerprint density at radius 1 is 0.571 bits per heavy atom. The number of hydrogen-bond donors (Lipinski definition) is 0. The number of nitrogens with zero attached hydrogens (tertiary/aromatic N) is 1. The Hall–Kier alpha value is -4.08. The van der Waals surface area contributed by atoms with E-state index < -0.39 is 8.07 Å². The van der Waals surface area contributed by atoms with E-state index in [-0.39, 0.29) is 0 Å². The van der Waals surface area contributed by atoms with Gasteiger partial charge in [0.05, 0.1) is 11.0 Å². The lowest BCUT2D eigenvalue weighted by atomic mass is 10.1. The lowest BCUT2D eigenvalue weighted by Crippen LogP contribution is -2.53. The molecule has 0 amide bonds. The SMILES string of the molecule is C[Si](C)(c1ccccc1)c1cc(-n2c3ccccc3c3ccccc32)cc2c1oc1ccccc12. The second kappa shape index (κ2) is 7.46. The maximum Gasteiger partial charge on any atom is 0.135 e.